The van der Waals surface area contributed by atoms with Crippen molar-refractivity contribution in [3.63, 3.8) is 0 Å². The molecule has 0 radical (unpaired) electrons. The first-order valence-electron chi connectivity index (χ1n) is 4.39. The van der Waals surface area contributed by atoms with Gasteiger partial charge in [0, 0.05) is 5.54 Å². The first-order valence-corrected chi connectivity index (χ1v) is 4.39. The molecule has 0 aliphatic heterocycles. The standard InChI is InChI=1S/C10H13NO2/c11-10(3-4-10)6-7-5-8(12)1-2-9(7)13/h1-2,5,12-13H,3-4,6,11H2. The van der Waals surface area contributed by atoms with Gasteiger partial charge in [-0.3, -0.25) is 0 Å². The van der Waals surface area contributed by atoms with E-state index in [9.17, 15) is 10.2 Å². The zero-order valence-electron chi connectivity index (χ0n) is 7.33. The first kappa shape index (κ1) is 8.38. The molecule has 13 heavy (non-hydrogen) atoms. The fourth-order valence-corrected chi connectivity index (χ4v) is 1.43. The van der Waals surface area contributed by atoms with Crippen molar-refractivity contribution in [1.29, 1.82) is 0 Å². The molecule has 1 saturated carbocycles. The molecule has 0 atom stereocenters. The molecule has 1 fully saturated rings. The Bertz CT molecular complexity index is 332. The zero-order valence-corrected chi connectivity index (χ0v) is 7.33. The third-order valence-electron chi connectivity index (χ3n) is 2.50. The lowest BCUT2D eigenvalue weighted by Gasteiger charge is -2.10. The zero-order chi connectivity index (χ0) is 9.47. The Morgan fingerprint density at radius 3 is 2.62 bits per heavy atom. The van der Waals surface area contributed by atoms with Crippen molar-refractivity contribution in [3.8, 4) is 11.5 Å². The van der Waals surface area contributed by atoms with Crippen LogP contribution in [0.1, 0.15) is 18.4 Å². The maximum absolute atomic E-state index is 9.46. The van der Waals surface area contributed by atoms with Crippen molar-refractivity contribution in [2.75, 3.05) is 0 Å². The van der Waals surface area contributed by atoms with Crippen LogP contribution in [-0.4, -0.2) is 15.8 Å². The second-order valence-electron chi connectivity index (χ2n) is 3.85. The Hall–Kier alpha value is -1.22. The van der Waals surface area contributed by atoms with E-state index in [0.29, 0.717) is 6.42 Å². The molecular formula is C10H13NO2. The summed E-state index contributed by atoms with van der Waals surface area (Å²) in [5.74, 6) is 0.395. The van der Waals surface area contributed by atoms with Gasteiger partial charge in [0.05, 0.1) is 0 Å². The van der Waals surface area contributed by atoms with Gasteiger partial charge in [0.25, 0.3) is 0 Å². The van der Waals surface area contributed by atoms with Crippen LogP contribution < -0.4 is 5.73 Å². The normalized spacial score (nSPS) is 18.5. The monoisotopic (exact) mass is 179 g/mol. The number of phenolic OH excluding ortho intramolecular Hbond substituents is 2. The Labute approximate surface area is 76.8 Å². The number of benzene rings is 1. The summed E-state index contributed by atoms with van der Waals surface area (Å²) in [4.78, 5) is 0. The van der Waals surface area contributed by atoms with Crippen molar-refractivity contribution in [2.45, 2.75) is 24.8 Å². The van der Waals surface area contributed by atoms with Crippen LogP contribution >= 0.6 is 0 Å². The average molecular weight is 179 g/mol. The second kappa shape index (κ2) is 2.64. The van der Waals surface area contributed by atoms with Crippen LogP contribution in [0.4, 0.5) is 0 Å². The van der Waals surface area contributed by atoms with Gasteiger partial charge in [-0.2, -0.15) is 0 Å². The topological polar surface area (TPSA) is 66.5 Å². The summed E-state index contributed by atoms with van der Waals surface area (Å²) in [6.45, 7) is 0. The molecule has 0 unspecified atom stereocenters. The van der Waals surface area contributed by atoms with Crippen LogP contribution in [0, 0.1) is 0 Å². The maximum Gasteiger partial charge on any atom is 0.119 e. The highest BCUT2D eigenvalue weighted by Crippen LogP contribution is 2.38. The van der Waals surface area contributed by atoms with Crippen molar-refractivity contribution < 1.29 is 10.2 Å². The molecule has 3 nitrogen and oxygen atoms in total. The summed E-state index contributed by atoms with van der Waals surface area (Å²) in [7, 11) is 0. The van der Waals surface area contributed by atoms with E-state index in [4.69, 9.17) is 5.73 Å². The fourth-order valence-electron chi connectivity index (χ4n) is 1.43. The van der Waals surface area contributed by atoms with Gasteiger partial charge >= 0.3 is 0 Å². The molecule has 0 saturated heterocycles. The minimum absolute atomic E-state index is 0.134. The molecule has 0 amide bonds. The van der Waals surface area contributed by atoms with Crippen LogP contribution in [0.3, 0.4) is 0 Å². The van der Waals surface area contributed by atoms with E-state index in [1.165, 1.54) is 12.1 Å². The molecule has 1 aromatic carbocycles. The Kier molecular flexibility index (Phi) is 1.70. The van der Waals surface area contributed by atoms with Crippen LogP contribution in [0.25, 0.3) is 0 Å². The molecule has 70 valence electrons. The largest absolute Gasteiger partial charge is 0.508 e. The molecule has 0 heterocycles. The molecule has 1 aromatic rings. The lowest BCUT2D eigenvalue weighted by Crippen LogP contribution is -2.24. The maximum atomic E-state index is 9.46. The van der Waals surface area contributed by atoms with Crippen LogP contribution in [0.5, 0.6) is 11.5 Å². The number of nitrogens with two attached hydrogens (primary N) is 1. The summed E-state index contributed by atoms with van der Waals surface area (Å²) >= 11 is 0. The SMILES string of the molecule is NC1(Cc2cc(O)ccc2O)CC1. The molecule has 0 bridgehead atoms. The molecule has 0 aromatic heterocycles. The van der Waals surface area contributed by atoms with Crippen molar-refractivity contribution in [3.05, 3.63) is 23.8 Å². The summed E-state index contributed by atoms with van der Waals surface area (Å²) in [6.07, 6.45) is 2.65. The van der Waals surface area contributed by atoms with E-state index in [1.807, 2.05) is 0 Å². The number of aromatic hydroxyl groups is 2. The van der Waals surface area contributed by atoms with E-state index in [-0.39, 0.29) is 17.0 Å². The predicted molar refractivity (Wildman–Crippen MR) is 49.6 cm³/mol. The van der Waals surface area contributed by atoms with Gasteiger partial charge in [-0.25, -0.2) is 0 Å². The van der Waals surface area contributed by atoms with E-state index in [2.05, 4.69) is 0 Å². The summed E-state index contributed by atoms with van der Waals surface area (Å²) < 4.78 is 0. The van der Waals surface area contributed by atoms with Crippen LogP contribution in [-0.2, 0) is 6.42 Å². The number of hydrogen-bond donors (Lipinski definition) is 3. The molecule has 1 aliphatic carbocycles. The highest BCUT2D eigenvalue weighted by atomic mass is 16.3. The Morgan fingerprint density at radius 2 is 2.00 bits per heavy atom. The molecule has 1 aliphatic rings. The van der Waals surface area contributed by atoms with Gasteiger partial charge in [0.1, 0.15) is 11.5 Å². The third-order valence-corrected chi connectivity index (χ3v) is 2.50. The number of rotatable bonds is 2. The summed E-state index contributed by atoms with van der Waals surface area (Å²) in [5, 5.41) is 18.7. The minimum Gasteiger partial charge on any atom is -0.508 e. The van der Waals surface area contributed by atoms with E-state index >= 15 is 0 Å². The smallest absolute Gasteiger partial charge is 0.119 e. The van der Waals surface area contributed by atoms with E-state index in [0.717, 1.165) is 18.4 Å². The minimum atomic E-state index is -0.134. The van der Waals surface area contributed by atoms with E-state index < -0.39 is 0 Å². The van der Waals surface area contributed by atoms with Gasteiger partial charge in [0.2, 0.25) is 0 Å². The quantitative estimate of drug-likeness (QED) is 0.596. The molecule has 2 rings (SSSR count). The average Bonchev–Trinajstić information content (AvgIpc) is 2.76. The van der Waals surface area contributed by atoms with Gasteiger partial charge in [-0.15, -0.1) is 0 Å². The predicted octanol–water partition coefficient (Wildman–Crippen LogP) is 1.13. The van der Waals surface area contributed by atoms with Crippen LogP contribution in [0.2, 0.25) is 0 Å². The van der Waals surface area contributed by atoms with Gasteiger partial charge in [-0.05, 0) is 43.0 Å². The van der Waals surface area contributed by atoms with Gasteiger partial charge in [-0.1, -0.05) is 0 Å². The molecule has 0 spiro atoms. The Morgan fingerprint density at radius 1 is 1.31 bits per heavy atom. The van der Waals surface area contributed by atoms with Crippen LogP contribution in [0.15, 0.2) is 18.2 Å². The lowest BCUT2D eigenvalue weighted by molar-refractivity contribution is 0.450. The van der Waals surface area contributed by atoms with E-state index in [1.54, 1.807) is 6.07 Å². The lowest BCUT2D eigenvalue weighted by atomic mass is 10.0. The van der Waals surface area contributed by atoms with Gasteiger partial charge in [0.15, 0.2) is 0 Å². The summed E-state index contributed by atoms with van der Waals surface area (Å²) in [6, 6.07) is 4.54. The van der Waals surface area contributed by atoms with Crippen molar-refractivity contribution in [1.82, 2.24) is 0 Å². The highest BCUT2D eigenvalue weighted by molar-refractivity contribution is 5.40. The van der Waals surface area contributed by atoms with Crippen molar-refractivity contribution >= 4 is 0 Å². The number of phenols is 2. The molecular weight excluding hydrogens is 166 g/mol. The van der Waals surface area contributed by atoms with Crippen molar-refractivity contribution in [2.24, 2.45) is 5.73 Å². The highest BCUT2D eigenvalue weighted by Gasteiger charge is 2.38. The second-order valence-corrected chi connectivity index (χ2v) is 3.85. The molecule has 4 N–H and O–H groups in total. The fraction of sp³-hybridized carbons (Fsp3) is 0.400. The number of hydrogen-bond acceptors (Lipinski definition) is 3. The molecule has 3 heteroatoms. The van der Waals surface area contributed by atoms with Gasteiger partial charge < -0.3 is 15.9 Å². The first-order chi connectivity index (χ1) is 6.09. The summed E-state index contributed by atoms with van der Waals surface area (Å²) in [5.41, 5.74) is 6.51. The Balaban J connectivity index is 2.23. The third kappa shape index (κ3) is 1.75.